The van der Waals surface area contributed by atoms with Gasteiger partial charge in [-0.25, -0.2) is 0 Å². The maximum absolute atomic E-state index is 5.27. The average Bonchev–Trinajstić information content (AvgIpc) is 1.98. The molecule has 0 N–H and O–H groups in total. The van der Waals surface area contributed by atoms with Crippen LogP contribution in [0.2, 0.25) is 0 Å². The second kappa shape index (κ2) is 6.59. The van der Waals surface area contributed by atoms with Crippen molar-refractivity contribution in [1.82, 2.24) is 0 Å². The van der Waals surface area contributed by atoms with Gasteiger partial charge in [-0.15, -0.1) is 0 Å². The van der Waals surface area contributed by atoms with Crippen molar-refractivity contribution < 1.29 is 9.58 Å². The van der Waals surface area contributed by atoms with Crippen LogP contribution in [0.3, 0.4) is 0 Å². The number of nitrogens with zero attached hydrogens (tertiary/aromatic N) is 1. The summed E-state index contributed by atoms with van der Waals surface area (Å²) < 4.78 is 1.75. The van der Waals surface area contributed by atoms with E-state index in [2.05, 4.69) is 6.92 Å². The normalized spacial score (nSPS) is 11.7. The molecule has 0 fully saturated rings. The zero-order valence-electron chi connectivity index (χ0n) is 7.26. The van der Waals surface area contributed by atoms with Gasteiger partial charge in [-0.05, 0) is 11.2 Å². The molecule has 0 aromatic rings. The third-order valence-electron chi connectivity index (χ3n) is 1.41. The van der Waals surface area contributed by atoms with E-state index in [9.17, 15) is 0 Å². The predicted octanol–water partition coefficient (Wildman–Crippen LogP) is 1.84. The maximum atomic E-state index is 5.27. The van der Waals surface area contributed by atoms with E-state index in [-0.39, 0.29) is 0 Å². The number of rotatable bonds is 5. The fourth-order valence-electron chi connectivity index (χ4n) is 0.635. The fraction of sp³-hybridized carbons (Fsp3) is 0.875. The molecule has 0 aliphatic rings. The highest BCUT2D eigenvalue weighted by atomic mass is 16.7. The quantitative estimate of drug-likeness (QED) is 0.248. The van der Waals surface area contributed by atoms with Crippen molar-refractivity contribution >= 4 is 6.21 Å². The van der Waals surface area contributed by atoms with Crippen LogP contribution in [0.25, 0.3) is 0 Å². The summed E-state index contributed by atoms with van der Waals surface area (Å²) in [5.74, 6) is 0. The Bertz CT molecular complexity index is 99.4. The first-order chi connectivity index (χ1) is 4.81. The SMILES string of the molecule is CC=[N+](C)OCCCCC. The second-order valence-corrected chi connectivity index (χ2v) is 2.34. The van der Waals surface area contributed by atoms with Crippen LogP contribution in [0.1, 0.15) is 33.1 Å². The Labute approximate surface area is 63.5 Å². The number of hydrogen-bond acceptors (Lipinski definition) is 1. The van der Waals surface area contributed by atoms with Crippen LogP contribution in [0.15, 0.2) is 0 Å². The molecule has 0 aliphatic carbocycles. The van der Waals surface area contributed by atoms with Crippen molar-refractivity contribution in [3.05, 3.63) is 0 Å². The van der Waals surface area contributed by atoms with E-state index in [1.807, 2.05) is 20.2 Å². The zero-order valence-corrected chi connectivity index (χ0v) is 7.26. The lowest BCUT2D eigenvalue weighted by Gasteiger charge is -1.96. The molecule has 2 nitrogen and oxygen atoms in total. The van der Waals surface area contributed by atoms with Gasteiger partial charge in [0.05, 0.1) is 0 Å². The fourth-order valence-corrected chi connectivity index (χ4v) is 0.635. The second-order valence-electron chi connectivity index (χ2n) is 2.34. The Morgan fingerprint density at radius 3 is 2.60 bits per heavy atom. The van der Waals surface area contributed by atoms with E-state index in [1.54, 1.807) is 4.74 Å². The van der Waals surface area contributed by atoms with Gasteiger partial charge < -0.3 is 0 Å². The first kappa shape index (κ1) is 9.47. The summed E-state index contributed by atoms with van der Waals surface area (Å²) in [6, 6.07) is 0. The average molecular weight is 144 g/mol. The van der Waals surface area contributed by atoms with Crippen molar-refractivity contribution in [2.45, 2.75) is 33.1 Å². The summed E-state index contributed by atoms with van der Waals surface area (Å²) in [5.41, 5.74) is 0. The third-order valence-corrected chi connectivity index (χ3v) is 1.41. The minimum Gasteiger partial charge on any atom is -0.278 e. The van der Waals surface area contributed by atoms with Crippen LogP contribution in [0.5, 0.6) is 0 Å². The highest BCUT2D eigenvalue weighted by Crippen LogP contribution is 1.93. The summed E-state index contributed by atoms with van der Waals surface area (Å²) in [7, 11) is 1.91. The van der Waals surface area contributed by atoms with Crippen LogP contribution in [0, 0.1) is 0 Å². The van der Waals surface area contributed by atoms with Gasteiger partial charge in [0.25, 0.3) is 0 Å². The Hall–Kier alpha value is -0.530. The molecule has 0 saturated heterocycles. The highest BCUT2D eigenvalue weighted by molar-refractivity contribution is 5.46. The van der Waals surface area contributed by atoms with E-state index >= 15 is 0 Å². The molecule has 0 unspecified atom stereocenters. The van der Waals surface area contributed by atoms with Crippen LogP contribution in [0.4, 0.5) is 0 Å². The molecule has 0 bridgehead atoms. The zero-order chi connectivity index (χ0) is 7.82. The minimum absolute atomic E-state index is 0.842. The molecule has 0 amide bonds. The summed E-state index contributed by atoms with van der Waals surface area (Å²) in [6.45, 7) is 4.99. The van der Waals surface area contributed by atoms with E-state index in [0.29, 0.717) is 0 Å². The lowest BCUT2D eigenvalue weighted by molar-refractivity contribution is -0.766. The molecule has 0 heterocycles. The van der Waals surface area contributed by atoms with Gasteiger partial charge >= 0.3 is 0 Å². The van der Waals surface area contributed by atoms with E-state index < -0.39 is 0 Å². The number of hydroxylamine groups is 1. The smallest absolute Gasteiger partial charge is 0.189 e. The largest absolute Gasteiger partial charge is 0.278 e. The van der Waals surface area contributed by atoms with Gasteiger partial charge in [0.2, 0.25) is 0 Å². The lowest BCUT2D eigenvalue weighted by atomic mass is 10.3. The topological polar surface area (TPSA) is 12.2 Å². The van der Waals surface area contributed by atoms with Crippen LogP contribution >= 0.6 is 0 Å². The third kappa shape index (κ3) is 5.60. The van der Waals surface area contributed by atoms with Crippen molar-refractivity contribution in [3.63, 3.8) is 0 Å². The molecule has 0 saturated carbocycles. The maximum Gasteiger partial charge on any atom is 0.189 e. The molecule has 0 radical (unpaired) electrons. The van der Waals surface area contributed by atoms with Gasteiger partial charge in [0, 0.05) is 6.92 Å². The molecule has 0 rings (SSSR count). The molecule has 0 aromatic heterocycles. The molecule has 2 heteroatoms. The molecule has 0 atom stereocenters. The summed E-state index contributed by atoms with van der Waals surface area (Å²) >= 11 is 0. The monoisotopic (exact) mass is 144 g/mol. The van der Waals surface area contributed by atoms with Gasteiger partial charge in [0.15, 0.2) is 19.9 Å². The molecular formula is C8H18NO+. The van der Waals surface area contributed by atoms with Crippen molar-refractivity contribution in [2.75, 3.05) is 13.7 Å². The highest BCUT2D eigenvalue weighted by Gasteiger charge is 1.92. The van der Waals surface area contributed by atoms with Gasteiger partial charge in [0.1, 0.15) is 0 Å². The van der Waals surface area contributed by atoms with Crippen LogP contribution in [-0.2, 0) is 4.84 Å². The standard InChI is InChI=1S/C8H18NO/c1-4-6-7-8-10-9(3)5-2/h5H,4,6-8H2,1-3H3/q+1. The van der Waals surface area contributed by atoms with Crippen molar-refractivity contribution in [1.29, 1.82) is 0 Å². The van der Waals surface area contributed by atoms with E-state index in [1.165, 1.54) is 12.8 Å². The Balaban J connectivity index is 3.04. The Morgan fingerprint density at radius 1 is 1.40 bits per heavy atom. The first-order valence-corrected chi connectivity index (χ1v) is 3.96. The molecule has 60 valence electrons. The molecule has 0 spiro atoms. The lowest BCUT2D eigenvalue weighted by Crippen LogP contribution is -2.07. The van der Waals surface area contributed by atoms with Gasteiger partial charge in [-0.2, -0.15) is 0 Å². The van der Waals surface area contributed by atoms with E-state index in [4.69, 9.17) is 4.84 Å². The van der Waals surface area contributed by atoms with Crippen molar-refractivity contribution in [3.8, 4) is 0 Å². The Morgan fingerprint density at radius 2 is 2.10 bits per heavy atom. The minimum atomic E-state index is 0.842. The number of unbranched alkanes of at least 4 members (excludes halogenated alkanes) is 2. The summed E-state index contributed by atoms with van der Waals surface area (Å²) in [4.78, 5) is 5.27. The molecular weight excluding hydrogens is 126 g/mol. The summed E-state index contributed by atoms with van der Waals surface area (Å²) in [5, 5.41) is 0. The van der Waals surface area contributed by atoms with E-state index in [0.717, 1.165) is 13.0 Å². The number of hydrogen-bond donors (Lipinski definition) is 0. The van der Waals surface area contributed by atoms with Crippen molar-refractivity contribution in [2.24, 2.45) is 0 Å². The molecule has 10 heavy (non-hydrogen) atoms. The van der Waals surface area contributed by atoms with Crippen LogP contribution < -0.4 is 0 Å². The molecule has 0 aliphatic heterocycles. The first-order valence-electron chi connectivity index (χ1n) is 3.96. The van der Waals surface area contributed by atoms with Gasteiger partial charge in [-0.3, -0.25) is 4.84 Å². The van der Waals surface area contributed by atoms with Crippen LogP contribution in [-0.4, -0.2) is 24.6 Å². The Kier molecular flexibility index (Phi) is 6.24. The molecule has 0 aromatic carbocycles. The summed E-state index contributed by atoms with van der Waals surface area (Å²) in [6.07, 6.45) is 5.58. The predicted molar refractivity (Wildman–Crippen MR) is 43.4 cm³/mol. The van der Waals surface area contributed by atoms with Gasteiger partial charge in [-0.1, -0.05) is 19.8 Å².